The highest BCUT2D eigenvalue weighted by molar-refractivity contribution is 6.33. The van der Waals surface area contributed by atoms with E-state index >= 15 is 0 Å². The summed E-state index contributed by atoms with van der Waals surface area (Å²) in [5.41, 5.74) is 4.28. The Labute approximate surface area is 113 Å². The van der Waals surface area contributed by atoms with Gasteiger partial charge in [-0.1, -0.05) is 29.7 Å². The number of alkyl halides is 3. The summed E-state index contributed by atoms with van der Waals surface area (Å²) in [6, 6.07) is 3.51. The maximum atomic E-state index is 12.8. The van der Waals surface area contributed by atoms with Crippen LogP contribution >= 0.6 is 11.6 Å². The summed E-state index contributed by atoms with van der Waals surface area (Å²) in [5, 5.41) is 13.8. The highest BCUT2D eigenvalue weighted by Crippen LogP contribution is 2.38. The van der Waals surface area contributed by atoms with Crippen molar-refractivity contribution in [3.63, 3.8) is 0 Å². The van der Waals surface area contributed by atoms with Crippen molar-refractivity contribution in [2.45, 2.75) is 13.1 Å². The van der Waals surface area contributed by atoms with Gasteiger partial charge >= 0.3 is 6.18 Å². The van der Waals surface area contributed by atoms with Gasteiger partial charge in [-0.05, 0) is 12.1 Å². The number of amidine groups is 1. The van der Waals surface area contributed by atoms with E-state index in [1.807, 2.05) is 0 Å². The van der Waals surface area contributed by atoms with E-state index in [0.717, 1.165) is 6.07 Å². The molecule has 0 aliphatic heterocycles. The third kappa shape index (κ3) is 3.92. The molecule has 0 aromatic heterocycles. The topological polar surface area (TPSA) is 70.6 Å². The van der Waals surface area contributed by atoms with E-state index < -0.39 is 17.7 Å². The fraction of sp³-hybridized carbons (Fsp3) is 0.364. The fourth-order valence-corrected chi connectivity index (χ4v) is 1.64. The molecule has 4 N–H and O–H groups in total. The minimum Gasteiger partial charge on any atom is -0.409 e. The summed E-state index contributed by atoms with van der Waals surface area (Å²) in [6.07, 6.45) is -4.51. The summed E-state index contributed by atoms with van der Waals surface area (Å²) < 4.78 is 38.4. The molecule has 1 unspecified atom stereocenters. The first-order valence-corrected chi connectivity index (χ1v) is 5.72. The van der Waals surface area contributed by atoms with Gasteiger partial charge in [-0.3, -0.25) is 0 Å². The number of nitrogens with zero attached hydrogens (tertiary/aromatic N) is 1. The first-order chi connectivity index (χ1) is 8.77. The van der Waals surface area contributed by atoms with Crippen LogP contribution in [0.3, 0.4) is 0 Å². The van der Waals surface area contributed by atoms with Crippen molar-refractivity contribution >= 4 is 23.1 Å². The first kappa shape index (κ1) is 15.4. The zero-order chi connectivity index (χ0) is 14.6. The highest BCUT2D eigenvalue weighted by atomic mass is 35.5. The molecule has 0 saturated carbocycles. The van der Waals surface area contributed by atoms with Gasteiger partial charge in [-0.2, -0.15) is 13.2 Å². The average molecular weight is 296 g/mol. The van der Waals surface area contributed by atoms with E-state index in [4.69, 9.17) is 22.5 Å². The number of hydrogen-bond donors (Lipinski definition) is 3. The van der Waals surface area contributed by atoms with Gasteiger partial charge in [-0.25, -0.2) is 0 Å². The van der Waals surface area contributed by atoms with E-state index in [1.54, 1.807) is 6.92 Å². The number of nitrogens with one attached hydrogen (secondary N) is 1. The lowest BCUT2D eigenvalue weighted by Gasteiger charge is -2.18. The second-order valence-corrected chi connectivity index (χ2v) is 4.37. The Morgan fingerprint density at radius 2 is 2.16 bits per heavy atom. The lowest BCUT2D eigenvalue weighted by atomic mass is 10.1. The van der Waals surface area contributed by atoms with Crippen molar-refractivity contribution in [2.75, 3.05) is 11.9 Å². The van der Waals surface area contributed by atoms with Crippen LogP contribution in [0, 0.1) is 5.92 Å². The number of nitrogens with two attached hydrogens (primary N) is 1. The largest absolute Gasteiger partial charge is 0.418 e. The maximum absolute atomic E-state index is 12.8. The molecule has 1 aromatic carbocycles. The van der Waals surface area contributed by atoms with Crippen LogP contribution in [0.5, 0.6) is 0 Å². The van der Waals surface area contributed by atoms with Gasteiger partial charge < -0.3 is 16.3 Å². The molecular weight excluding hydrogens is 283 g/mol. The molecule has 4 nitrogen and oxygen atoms in total. The molecule has 106 valence electrons. The fourth-order valence-electron chi connectivity index (χ4n) is 1.40. The van der Waals surface area contributed by atoms with Crippen molar-refractivity contribution in [1.29, 1.82) is 0 Å². The second kappa shape index (κ2) is 6.01. The van der Waals surface area contributed by atoms with Gasteiger partial charge in [0.05, 0.1) is 16.3 Å². The first-order valence-electron chi connectivity index (χ1n) is 5.34. The van der Waals surface area contributed by atoms with E-state index in [0.29, 0.717) is 0 Å². The van der Waals surface area contributed by atoms with Gasteiger partial charge in [0.2, 0.25) is 0 Å². The molecule has 1 rings (SSSR count). The minimum absolute atomic E-state index is 0.0402. The Morgan fingerprint density at radius 3 is 2.68 bits per heavy atom. The van der Waals surface area contributed by atoms with Crippen molar-refractivity contribution in [1.82, 2.24) is 0 Å². The molecule has 0 aliphatic rings. The van der Waals surface area contributed by atoms with Gasteiger partial charge in [0.1, 0.15) is 5.84 Å². The van der Waals surface area contributed by atoms with Crippen LogP contribution in [0.15, 0.2) is 23.4 Å². The lowest BCUT2D eigenvalue weighted by Crippen LogP contribution is -2.28. The smallest absolute Gasteiger partial charge is 0.409 e. The number of halogens is 4. The summed E-state index contributed by atoms with van der Waals surface area (Å²) in [6.45, 7) is 1.66. The van der Waals surface area contributed by atoms with Crippen LogP contribution < -0.4 is 11.1 Å². The Kier molecular flexibility index (Phi) is 4.88. The molecule has 19 heavy (non-hydrogen) atoms. The van der Waals surface area contributed by atoms with Crippen LogP contribution in [0.25, 0.3) is 0 Å². The maximum Gasteiger partial charge on any atom is 0.418 e. The number of para-hydroxylation sites is 1. The molecule has 0 heterocycles. The zero-order valence-electron chi connectivity index (χ0n) is 10.0. The Balaban J connectivity index is 2.95. The van der Waals surface area contributed by atoms with Crippen LogP contribution in [-0.2, 0) is 6.18 Å². The van der Waals surface area contributed by atoms with E-state index in [1.165, 1.54) is 12.1 Å². The predicted octanol–water partition coefficient (Wildman–Crippen LogP) is 3.15. The summed E-state index contributed by atoms with van der Waals surface area (Å²) in [4.78, 5) is 0. The predicted molar refractivity (Wildman–Crippen MR) is 67.5 cm³/mol. The van der Waals surface area contributed by atoms with Crippen molar-refractivity contribution in [2.24, 2.45) is 16.8 Å². The molecule has 0 radical (unpaired) electrons. The van der Waals surface area contributed by atoms with Crippen molar-refractivity contribution in [3.8, 4) is 0 Å². The average Bonchev–Trinajstić information content (AvgIpc) is 2.34. The molecule has 1 atom stereocenters. The van der Waals surface area contributed by atoms with Crippen molar-refractivity contribution < 1.29 is 18.4 Å². The SMILES string of the molecule is CC(CNc1c(Cl)cccc1C(F)(F)F)C(N)=NO. The molecule has 0 bridgehead atoms. The molecule has 0 saturated heterocycles. The van der Waals surface area contributed by atoms with E-state index in [9.17, 15) is 13.2 Å². The summed E-state index contributed by atoms with van der Waals surface area (Å²) in [5.74, 6) is -0.518. The molecule has 1 aromatic rings. The Morgan fingerprint density at radius 1 is 1.53 bits per heavy atom. The molecule has 0 spiro atoms. The second-order valence-electron chi connectivity index (χ2n) is 3.97. The van der Waals surface area contributed by atoms with Crippen LogP contribution in [0.2, 0.25) is 5.02 Å². The number of anilines is 1. The third-order valence-corrected chi connectivity index (χ3v) is 2.84. The van der Waals surface area contributed by atoms with E-state index in [-0.39, 0.29) is 23.1 Å². The summed E-state index contributed by atoms with van der Waals surface area (Å²) in [7, 11) is 0. The minimum atomic E-state index is -4.51. The molecule has 0 aliphatic carbocycles. The van der Waals surface area contributed by atoms with Gasteiger partial charge in [0.15, 0.2) is 0 Å². The molecular formula is C11H13ClF3N3O. The summed E-state index contributed by atoms with van der Waals surface area (Å²) >= 11 is 5.76. The Hall–Kier alpha value is -1.63. The third-order valence-electron chi connectivity index (χ3n) is 2.52. The zero-order valence-corrected chi connectivity index (χ0v) is 10.8. The van der Waals surface area contributed by atoms with Gasteiger partial charge in [0, 0.05) is 12.5 Å². The number of oxime groups is 1. The normalized spacial score (nSPS) is 14.3. The Bertz CT molecular complexity index is 477. The number of benzene rings is 1. The molecule has 0 fully saturated rings. The van der Waals surface area contributed by atoms with Crippen molar-refractivity contribution in [3.05, 3.63) is 28.8 Å². The van der Waals surface area contributed by atoms with Crippen LogP contribution in [0.1, 0.15) is 12.5 Å². The van der Waals surface area contributed by atoms with Gasteiger partial charge in [0.25, 0.3) is 0 Å². The standard InChI is InChI=1S/C11H13ClF3N3O/c1-6(10(16)18-19)5-17-9-7(11(13,14)15)3-2-4-8(9)12/h2-4,6,17,19H,5H2,1H3,(H2,16,18). The number of rotatable bonds is 4. The molecule has 8 heteroatoms. The van der Waals surface area contributed by atoms with Crippen LogP contribution in [-0.4, -0.2) is 17.6 Å². The van der Waals surface area contributed by atoms with E-state index in [2.05, 4.69) is 10.5 Å². The number of hydrogen-bond acceptors (Lipinski definition) is 3. The highest BCUT2D eigenvalue weighted by Gasteiger charge is 2.34. The van der Waals surface area contributed by atoms with Gasteiger partial charge in [-0.15, -0.1) is 0 Å². The van der Waals surface area contributed by atoms with Crippen LogP contribution in [0.4, 0.5) is 18.9 Å². The monoisotopic (exact) mass is 295 g/mol. The molecule has 0 amide bonds. The lowest BCUT2D eigenvalue weighted by molar-refractivity contribution is -0.136. The quantitative estimate of drug-likeness (QED) is 0.346.